The average molecular weight is 288 g/mol. The Morgan fingerprint density at radius 1 is 1.29 bits per heavy atom. The third-order valence-electron chi connectivity index (χ3n) is 2.79. The van der Waals surface area contributed by atoms with Crippen LogP contribution in [0.5, 0.6) is 5.75 Å². The van der Waals surface area contributed by atoms with E-state index in [4.69, 9.17) is 14.9 Å². The van der Waals surface area contributed by atoms with Crippen LogP contribution in [0.1, 0.15) is 30.2 Å². The number of furan rings is 1. The Labute approximate surface area is 124 Å². The van der Waals surface area contributed by atoms with Crippen LogP contribution in [0.4, 0.5) is 5.69 Å². The van der Waals surface area contributed by atoms with Gasteiger partial charge in [-0.05, 0) is 30.2 Å². The summed E-state index contributed by atoms with van der Waals surface area (Å²) >= 11 is 0. The lowest BCUT2D eigenvalue weighted by Gasteiger charge is -2.13. The zero-order chi connectivity index (χ0) is 15.2. The summed E-state index contributed by atoms with van der Waals surface area (Å²) in [7, 11) is 0. The van der Waals surface area contributed by atoms with Gasteiger partial charge in [-0.3, -0.25) is 4.79 Å². The molecular formula is C16H20N2O3. The molecule has 3 N–H and O–H groups in total. The van der Waals surface area contributed by atoms with Crippen molar-refractivity contribution in [1.82, 2.24) is 0 Å². The Bertz CT molecular complexity index is 605. The number of nitrogens with one attached hydrogen (secondary N) is 1. The van der Waals surface area contributed by atoms with E-state index in [0.717, 1.165) is 0 Å². The molecule has 0 radical (unpaired) electrons. The molecule has 0 atom stereocenters. The van der Waals surface area contributed by atoms with Crippen LogP contribution in [0, 0.1) is 5.92 Å². The van der Waals surface area contributed by atoms with Gasteiger partial charge >= 0.3 is 0 Å². The largest absolute Gasteiger partial charge is 0.491 e. The van der Waals surface area contributed by atoms with Crippen molar-refractivity contribution in [3.63, 3.8) is 0 Å². The molecule has 2 rings (SSSR count). The third kappa shape index (κ3) is 4.10. The number of ether oxygens (including phenoxy) is 1. The van der Waals surface area contributed by atoms with Gasteiger partial charge in [0.05, 0.1) is 18.8 Å². The van der Waals surface area contributed by atoms with Crippen molar-refractivity contribution in [2.75, 3.05) is 11.9 Å². The van der Waals surface area contributed by atoms with Gasteiger partial charge in [0.25, 0.3) is 5.91 Å². The summed E-state index contributed by atoms with van der Waals surface area (Å²) in [6, 6.07) is 10.6. The van der Waals surface area contributed by atoms with Gasteiger partial charge in [0.2, 0.25) is 0 Å². The molecule has 1 aromatic carbocycles. The van der Waals surface area contributed by atoms with Crippen LogP contribution in [0.2, 0.25) is 0 Å². The highest BCUT2D eigenvalue weighted by atomic mass is 16.5. The number of carbonyl (C=O) groups is 1. The summed E-state index contributed by atoms with van der Waals surface area (Å²) in [4.78, 5) is 12.1. The monoisotopic (exact) mass is 288 g/mol. The van der Waals surface area contributed by atoms with Gasteiger partial charge in [0, 0.05) is 0 Å². The molecule has 0 unspecified atom stereocenters. The maximum atomic E-state index is 12.1. The molecule has 0 saturated heterocycles. The smallest absolute Gasteiger partial charge is 0.291 e. The fourth-order valence-corrected chi connectivity index (χ4v) is 1.75. The summed E-state index contributed by atoms with van der Waals surface area (Å²) in [5.41, 5.74) is 6.08. The van der Waals surface area contributed by atoms with Crippen LogP contribution >= 0.6 is 0 Å². The topological polar surface area (TPSA) is 77.5 Å². The van der Waals surface area contributed by atoms with Crippen molar-refractivity contribution in [3.8, 4) is 5.75 Å². The van der Waals surface area contributed by atoms with E-state index in [2.05, 4.69) is 19.2 Å². The highest BCUT2D eigenvalue weighted by Crippen LogP contribution is 2.25. The van der Waals surface area contributed by atoms with E-state index >= 15 is 0 Å². The molecule has 2 aromatic rings. The van der Waals surface area contributed by atoms with Crippen molar-refractivity contribution in [2.24, 2.45) is 11.7 Å². The molecule has 0 aliphatic carbocycles. The number of hydrogen-bond acceptors (Lipinski definition) is 4. The normalized spacial score (nSPS) is 10.7. The maximum Gasteiger partial charge on any atom is 0.291 e. The summed E-state index contributed by atoms with van der Waals surface area (Å²) < 4.78 is 11.0. The molecule has 0 saturated carbocycles. The van der Waals surface area contributed by atoms with Crippen molar-refractivity contribution < 1.29 is 13.9 Å². The van der Waals surface area contributed by atoms with E-state index in [9.17, 15) is 4.79 Å². The molecule has 0 fully saturated rings. The molecule has 1 aromatic heterocycles. The first kappa shape index (κ1) is 15.1. The Balaban J connectivity index is 2.09. The number of amides is 1. The van der Waals surface area contributed by atoms with Crippen LogP contribution in [0.15, 0.2) is 40.8 Å². The Hall–Kier alpha value is -2.27. The highest BCUT2D eigenvalue weighted by molar-refractivity contribution is 6.03. The molecule has 0 aliphatic heterocycles. The van der Waals surface area contributed by atoms with Gasteiger partial charge in [-0.15, -0.1) is 0 Å². The average Bonchev–Trinajstić information content (AvgIpc) is 2.95. The molecule has 0 spiro atoms. The first-order chi connectivity index (χ1) is 10.1. The fourth-order valence-electron chi connectivity index (χ4n) is 1.75. The first-order valence-corrected chi connectivity index (χ1v) is 6.92. The van der Waals surface area contributed by atoms with Crippen LogP contribution in [-0.2, 0) is 6.54 Å². The Kier molecular flexibility index (Phi) is 5.00. The molecule has 21 heavy (non-hydrogen) atoms. The minimum atomic E-state index is -0.324. The zero-order valence-electron chi connectivity index (χ0n) is 12.3. The molecule has 1 heterocycles. The number of para-hydroxylation sites is 2. The van der Waals surface area contributed by atoms with Crippen molar-refractivity contribution in [3.05, 3.63) is 47.9 Å². The zero-order valence-corrected chi connectivity index (χ0v) is 12.3. The number of rotatable bonds is 6. The minimum absolute atomic E-state index is 0.231. The van der Waals surface area contributed by atoms with Gasteiger partial charge in [0.1, 0.15) is 11.5 Å². The quantitative estimate of drug-likeness (QED) is 0.856. The third-order valence-corrected chi connectivity index (χ3v) is 2.79. The van der Waals surface area contributed by atoms with Gasteiger partial charge in [-0.1, -0.05) is 26.0 Å². The second kappa shape index (κ2) is 6.95. The van der Waals surface area contributed by atoms with Crippen LogP contribution in [-0.4, -0.2) is 12.5 Å². The van der Waals surface area contributed by atoms with E-state index < -0.39 is 0 Å². The predicted molar refractivity (Wildman–Crippen MR) is 81.3 cm³/mol. The fraction of sp³-hybridized carbons (Fsp3) is 0.312. The first-order valence-electron chi connectivity index (χ1n) is 6.92. The number of anilines is 1. The molecule has 1 amide bonds. The SMILES string of the molecule is CC(C)COc1ccccc1NC(=O)c1ccc(CN)o1. The second-order valence-electron chi connectivity index (χ2n) is 5.13. The number of benzene rings is 1. The lowest BCUT2D eigenvalue weighted by molar-refractivity contribution is 0.0994. The molecule has 5 heteroatoms. The van der Waals surface area contributed by atoms with E-state index in [1.807, 2.05) is 18.2 Å². The lowest BCUT2D eigenvalue weighted by Crippen LogP contribution is -2.13. The van der Waals surface area contributed by atoms with Gasteiger partial charge < -0.3 is 20.2 Å². The van der Waals surface area contributed by atoms with E-state index in [-0.39, 0.29) is 18.2 Å². The van der Waals surface area contributed by atoms with Crippen molar-refractivity contribution in [1.29, 1.82) is 0 Å². The van der Waals surface area contributed by atoms with Crippen molar-refractivity contribution >= 4 is 11.6 Å². The molecule has 112 valence electrons. The second-order valence-corrected chi connectivity index (χ2v) is 5.13. The standard InChI is InChI=1S/C16H20N2O3/c1-11(2)10-20-14-6-4-3-5-13(14)18-16(19)15-8-7-12(9-17)21-15/h3-8,11H,9-10,17H2,1-2H3,(H,18,19). The van der Waals surface area contributed by atoms with E-state index in [1.54, 1.807) is 18.2 Å². The maximum absolute atomic E-state index is 12.1. The summed E-state index contributed by atoms with van der Waals surface area (Å²) in [6.07, 6.45) is 0. The highest BCUT2D eigenvalue weighted by Gasteiger charge is 2.13. The molecule has 0 aliphatic rings. The summed E-state index contributed by atoms with van der Waals surface area (Å²) in [5, 5.41) is 2.79. The number of hydrogen-bond donors (Lipinski definition) is 2. The van der Waals surface area contributed by atoms with Gasteiger partial charge in [0.15, 0.2) is 5.76 Å². The predicted octanol–water partition coefficient (Wildman–Crippen LogP) is 3.03. The van der Waals surface area contributed by atoms with Gasteiger partial charge in [-0.25, -0.2) is 0 Å². The van der Waals surface area contributed by atoms with Crippen LogP contribution in [0.3, 0.4) is 0 Å². The Morgan fingerprint density at radius 2 is 2.05 bits per heavy atom. The number of carbonyl (C=O) groups excluding carboxylic acids is 1. The lowest BCUT2D eigenvalue weighted by atomic mass is 10.2. The minimum Gasteiger partial charge on any atom is -0.491 e. The van der Waals surface area contributed by atoms with Crippen LogP contribution in [0.25, 0.3) is 0 Å². The van der Waals surface area contributed by atoms with Gasteiger partial charge in [-0.2, -0.15) is 0 Å². The molecule has 0 bridgehead atoms. The number of nitrogens with two attached hydrogens (primary N) is 1. The van der Waals surface area contributed by atoms with E-state index in [0.29, 0.717) is 29.7 Å². The summed E-state index contributed by atoms with van der Waals surface area (Å²) in [6.45, 7) is 4.99. The molecule has 5 nitrogen and oxygen atoms in total. The van der Waals surface area contributed by atoms with E-state index in [1.165, 1.54) is 0 Å². The molecular weight excluding hydrogens is 268 g/mol. The van der Waals surface area contributed by atoms with Crippen LogP contribution < -0.4 is 15.8 Å². The summed E-state index contributed by atoms with van der Waals surface area (Å²) in [5.74, 6) is 1.53. The van der Waals surface area contributed by atoms with Crippen molar-refractivity contribution in [2.45, 2.75) is 20.4 Å². The Morgan fingerprint density at radius 3 is 2.71 bits per heavy atom.